The number of fused-ring (bicyclic) bond motifs is 1. The highest BCUT2D eigenvalue weighted by Gasteiger charge is 2.35. The number of benzene rings is 1. The van der Waals surface area contributed by atoms with Crippen LogP contribution in [0.5, 0.6) is 0 Å². The Morgan fingerprint density at radius 3 is 2.39 bits per heavy atom. The van der Waals surface area contributed by atoms with E-state index in [0.717, 1.165) is 0 Å². The molecule has 1 saturated heterocycles. The summed E-state index contributed by atoms with van der Waals surface area (Å²) in [7, 11) is -3.88. The zero-order chi connectivity index (χ0) is 20.1. The van der Waals surface area contributed by atoms with Crippen LogP contribution in [0.1, 0.15) is 0 Å². The van der Waals surface area contributed by atoms with Gasteiger partial charge in [-0.1, -0.05) is 40.6 Å². The predicted molar refractivity (Wildman–Crippen MR) is 107 cm³/mol. The van der Waals surface area contributed by atoms with Crippen molar-refractivity contribution in [3.8, 4) is 0 Å². The van der Waals surface area contributed by atoms with Gasteiger partial charge in [0.25, 0.3) is 4.96 Å². The third-order valence-electron chi connectivity index (χ3n) is 4.45. The predicted octanol–water partition coefficient (Wildman–Crippen LogP) is 3.12. The smallest absolute Gasteiger partial charge is 0.358 e. The van der Waals surface area contributed by atoms with Gasteiger partial charge in [-0.3, -0.25) is 0 Å². The third-order valence-corrected chi connectivity index (χ3v) is 8.06. The fourth-order valence-electron chi connectivity index (χ4n) is 3.14. The van der Waals surface area contributed by atoms with Gasteiger partial charge in [0, 0.05) is 31.6 Å². The molecule has 1 aliphatic heterocycles. The van der Waals surface area contributed by atoms with Gasteiger partial charge in [0.05, 0.1) is 10.0 Å². The van der Waals surface area contributed by atoms with Crippen molar-refractivity contribution in [3.63, 3.8) is 0 Å². The number of hydrogen-bond acceptors (Lipinski definition) is 7. The second-order valence-electron chi connectivity index (χ2n) is 6.01. The Bertz CT molecular complexity index is 1150. The average Bonchev–Trinajstić information content (AvgIpc) is 3.22. The van der Waals surface area contributed by atoms with E-state index in [0.29, 0.717) is 4.96 Å². The molecule has 3 heterocycles. The number of hydrogen-bond donors (Lipinski definition) is 0. The molecule has 0 atom stereocenters. The lowest BCUT2D eigenvalue weighted by atomic mass is 10.3. The minimum Gasteiger partial charge on any atom is -0.358 e. The van der Waals surface area contributed by atoms with Crippen LogP contribution in [0.15, 0.2) is 34.7 Å². The van der Waals surface area contributed by atoms with Crippen molar-refractivity contribution in [1.82, 2.24) is 13.7 Å². The fourth-order valence-corrected chi connectivity index (χ4v) is 6.36. The quantitative estimate of drug-likeness (QED) is 0.436. The van der Waals surface area contributed by atoms with Crippen molar-refractivity contribution in [1.29, 1.82) is 0 Å². The molecule has 2 aromatic heterocycles. The largest absolute Gasteiger partial charge is 0.373 e. The van der Waals surface area contributed by atoms with Gasteiger partial charge in [0.15, 0.2) is 0 Å². The number of piperazine rings is 1. The molecule has 28 heavy (non-hydrogen) atoms. The molecule has 0 aliphatic carbocycles. The topological polar surface area (TPSA) is 101 Å². The number of anilines is 1. The van der Waals surface area contributed by atoms with Crippen LogP contribution in [-0.2, 0) is 10.0 Å². The number of halogens is 2. The molecular formula is C15H13Cl2N5O4S2. The molecule has 1 aliphatic rings. The molecule has 0 radical (unpaired) electrons. The van der Waals surface area contributed by atoms with E-state index >= 15 is 0 Å². The van der Waals surface area contributed by atoms with Crippen LogP contribution >= 0.6 is 34.5 Å². The summed E-state index contributed by atoms with van der Waals surface area (Å²) in [5.41, 5.74) is 0. The van der Waals surface area contributed by atoms with Gasteiger partial charge in [0.2, 0.25) is 15.8 Å². The van der Waals surface area contributed by atoms with Crippen molar-refractivity contribution in [3.05, 3.63) is 49.9 Å². The van der Waals surface area contributed by atoms with E-state index < -0.39 is 14.9 Å². The molecular weight excluding hydrogens is 449 g/mol. The molecule has 148 valence electrons. The van der Waals surface area contributed by atoms with Gasteiger partial charge < -0.3 is 15.0 Å². The summed E-state index contributed by atoms with van der Waals surface area (Å²) in [6.45, 7) is 0.776. The van der Waals surface area contributed by atoms with E-state index in [1.807, 2.05) is 0 Å². The van der Waals surface area contributed by atoms with Crippen LogP contribution < -0.4 is 4.90 Å². The first-order chi connectivity index (χ1) is 13.3. The highest BCUT2D eigenvalue weighted by atomic mass is 35.5. The van der Waals surface area contributed by atoms with E-state index in [-0.39, 0.29) is 52.8 Å². The molecule has 0 unspecified atom stereocenters. The van der Waals surface area contributed by atoms with Crippen molar-refractivity contribution in [2.45, 2.75) is 4.90 Å². The Hall–Kier alpha value is -1.92. The molecule has 9 nitrogen and oxygen atoms in total. The number of sulfonamides is 1. The summed E-state index contributed by atoms with van der Waals surface area (Å²) < 4.78 is 28.6. The number of imidazole rings is 1. The van der Waals surface area contributed by atoms with Gasteiger partial charge in [-0.05, 0) is 17.1 Å². The number of nitro groups is 1. The summed E-state index contributed by atoms with van der Waals surface area (Å²) in [5.74, 6) is 0.117. The van der Waals surface area contributed by atoms with Crippen molar-refractivity contribution in [2.24, 2.45) is 0 Å². The summed E-state index contributed by atoms with van der Waals surface area (Å²) in [6, 6.07) is 4.51. The summed E-state index contributed by atoms with van der Waals surface area (Å²) in [4.78, 5) is 17.5. The van der Waals surface area contributed by atoms with Crippen LogP contribution in [0.4, 0.5) is 11.6 Å². The van der Waals surface area contributed by atoms with Crippen molar-refractivity contribution >= 4 is 61.2 Å². The van der Waals surface area contributed by atoms with E-state index in [9.17, 15) is 18.5 Å². The van der Waals surface area contributed by atoms with E-state index in [2.05, 4.69) is 4.98 Å². The molecule has 1 fully saturated rings. The highest BCUT2D eigenvalue weighted by molar-refractivity contribution is 7.89. The molecule has 0 N–H and O–H groups in total. The Morgan fingerprint density at radius 2 is 1.79 bits per heavy atom. The summed E-state index contributed by atoms with van der Waals surface area (Å²) in [5, 5.41) is 13.3. The van der Waals surface area contributed by atoms with Crippen LogP contribution in [0.25, 0.3) is 4.96 Å². The molecule has 1 aromatic carbocycles. The first kappa shape index (κ1) is 19.4. The van der Waals surface area contributed by atoms with Gasteiger partial charge >= 0.3 is 5.82 Å². The lowest BCUT2D eigenvalue weighted by Crippen LogP contribution is -2.49. The van der Waals surface area contributed by atoms with E-state index in [1.165, 1.54) is 32.2 Å². The fraction of sp³-hybridized carbons (Fsp3) is 0.267. The second kappa shape index (κ2) is 7.16. The number of nitrogens with zero attached hydrogens (tertiary/aromatic N) is 5. The molecule has 0 spiro atoms. The molecule has 13 heteroatoms. The Balaban J connectivity index is 1.60. The normalized spacial score (nSPS) is 16.0. The first-order valence-corrected chi connectivity index (χ1v) is 11.2. The van der Waals surface area contributed by atoms with Gasteiger partial charge in [-0.15, -0.1) is 0 Å². The Kier molecular flexibility index (Phi) is 4.96. The first-order valence-electron chi connectivity index (χ1n) is 8.10. The maximum Gasteiger partial charge on any atom is 0.373 e. The molecule has 0 bridgehead atoms. The lowest BCUT2D eigenvalue weighted by Gasteiger charge is -2.34. The zero-order valence-electron chi connectivity index (χ0n) is 14.2. The van der Waals surface area contributed by atoms with Crippen LogP contribution in [0.3, 0.4) is 0 Å². The molecule has 0 saturated carbocycles. The highest BCUT2D eigenvalue weighted by Crippen LogP contribution is 2.34. The number of rotatable bonds is 4. The second-order valence-corrected chi connectivity index (χ2v) is 9.58. The summed E-state index contributed by atoms with van der Waals surface area (Å²) in [6.07, 6.45) is 1.59. The maximum atomic E-state index is 13.0. The van der Waals surface area contributed by atoms with Gasteiger partial charge in [0.1, 0.15) is 11.1 Å². The van der Waals surface area contributed by atoms with Crippen LogP contribution in [0.2, 0.25) is 10.0 Å². The standard InChI is InChI=1S/C15H13Cl2N5O4S2/c16-10-2-1-3-11(17)12(10)28(25,26)20-6-4-19(5-7-20)13-14(22(23)24)21-8-9-27-15(21)18-13/h1-3,8-9H,4-7H2. The summed E-state index contributed by atoms with van der Waals surface area (Å²) >= 11 is 13.4. The van der Waals surface area contributed by atoms with E-state index in [1.54, 1.807) is 22.5 Å². The number of thiazole rings is 1. The van der Waals surface area contributed by atoms with Gasteiger partial charge in [-0.2, -0.15) is 13.7 Å². The number of aromatic nitrogens is 2. The monoisotopic (exact) mass is 461 g/mol. The Labute approximate surface area is 173 Å². The van der Waals surface area contributed by atoms with Crippen LogP contribution in [0, 0.1) is 10.1 Å². The zero-order valence-corrected chi connectivity index (χ0v) is 17.3. The average molecular weight is 462 g/mol. The van der Waals surface area contributed by atoms with Crippen molar-refractivity contribution < 1.29 is 13.3 Å². The minimum absolute atomic E-state index is 0.0555. The minimum atomic E-state index is -3.88. The van der Waals surface area contributed by atoms with Crippen molar-refractivity contribution in [2.75, 3.05) is 31.1 Å². The molecule has 4 rings (SSSR count). The van der Waals surface area contributed by atoms with E-state index in [4.69, 9.17) is 23.2 Å². The Morgan fingerprint density at radius 1 is 1.14 bits per heavy atom. The molecule has 0 amide bonds. The van der Waals surface area contributed by atoms with Crippen LogP contribution in [-0.4, -0.2) is 53.2 Å². The third kappa shape index (κ3) is 3.12. The SMILES string of the molecule is O=[N+]([O-])c1c(N2CCN(S(=O)(=O)c3c(Cl)cccc3Cl)CC2)nc2sccn12. The lowest BCUT2D eigenvalue weighted by molar-refractivity contribution is -0.389. The van der Waals surface area contributed by atoms with Gasteiger partial charge in [-0.25, -0.2) is 8.42 Å². The molecule has 3 aromatic rings. The maximum absolute atomic E-state index is 13.0.